The molecule has 2 aliphatic heterocycles. The molecule has 10 nitrogen and oxygen atoms in total. The van der Waals surface area contributed by atoms with Crippen molar-refractivity contribution in [1.29, 1.82) is 0 Å². The number of aliphatic hydroxyl groups is 1. The molecule has 0 spiro atoms. The molecule has 2 saturated heterocycles. The van der Waals surface area contributed by atoms with Gasteiger partial charge in [0, 0.05) is 32.4 Å². The molecule has 2 aromatic carbocycles. The molecule has 2 aliphatic rings. The van der Waals surface area contributed by atoms with Crippen LogP contribution in [0.3, 0.4) is 0 Å². The number of ether oxygens (including phenoxy) is 3. The fourth-order valence-electron chi connectivity index (χ4n) is 6.13. The summed E-state index contributed by atoms with van der Waals surface area (Å²) >= 11 is 0. The molecule has 0 aliphatic carbocycles. The average molecular weight is 611 g/mol. The Bertz CT molecular complexity index is 1740. The summed E-state index contributed by atoms with van der Waals surface area (Å²) in [6.07, 6.45) is 2.52. The fourth-order valence-corrected chi connectivity index (χ4v) is 6.13. The van der Waals surface area contributed by atoms with Crippen molar-refractivity contribution in [3.8, 4) is 11.5 Å². The topological polar surface area (TPSA) is 106 Å². The number of aromatic nitrogens is 2. The van der Waals surface area contributed by atoms with E-state index in [1.54, 1.807) is 24.1 Å². The number of carbonyl (C=O) groups is 2. The predicted octanol–water partition coefficient (Wildman–Crippen LogP) is 4.68. The molecule has 1 unspecified atom stereocenters. The summed E-state index contributed by atoms with van der Waals surface area (Å²) in [7, 11) is 1.55. The maximum atomic E-state index is 13.7. The molecule has 2 aromatic heterocycles. The molecule has 0 bridgehead atoms. The number of morpholine rings is 1. The van der Waals surface area contributed by atoms with Gasteiger partial charge in [-0.05, 0) is 55.2 Å². The number of likely N-dealkylation sites (tertiary alicyclic amines) is 1. The van der Waals surface area contributed by atoms with Crippen molar-refractivity contribution in [2.24, 2.45) is 0 Å². The number of nitrogens with zero attached hydrogens (tertiary/aromatic N) is 4. The number of aryl methyl sites for hydroxylation is 2. The molecule has 0 saturated carbocycles. The SMILES string of the molecule is COc1cc(C2/C(=C(\O)c3nc4c(C)cccn4c3C)C(=O)C(=O)N2CCCN2CCOCC2)ccc1OCc1ccccc1. The number of Topliss-reactive ketones (excluding diaryl/α,β-unsaturated/α-hetero) is 1. The molecule has 2 fully saturated rings. The summed E-state index contributed by atoms with van der Waals surface area (Å²) in [6, 6.07) is 18.2. The molecule has 45 heavy (non-hydrogen) atoms. The zero-order valence-corrected chi connectivity index (χ0v) is 25.9. The van der Waals surface area contributed by atoms with E-state index in [2.05, 4.69) is 4.90 Å². The zero-order chi connectivity index (χ0) is 31.5. The van der Waals surface area contributed by atoms with Gasteiger partial charge in [-0.1, -0.05) is 42.5 Å². The van der Waals surface area contributed by atoms with Gasteiger partial charge < -0.3 is 28.6 Å². The van der Waals surface area contributed by atoms with Crippen LogP contribution in [0.5, 0.6) is 11.5 Å². The van der Waals surface area contributed by atoms with Gasteiger partial charge in [-0.15, -0.1) is 0 Å². The van der Waals surface area contributed by atoms with Crippen molar-refractivity contribution >= 4 is 23.1 Å². The molecule has 4 heterocycles. The van der Waals surface area contributed by atoms with E-state index in [9.17, 15) is 14.7 Å². The van der Waals surface area contributed by atoms with Gasteiger partial charge in [-0.2, -0.15) is 0 Å². The van der Waals surface area contributed by atoms with Crippen molar-refractivity contribution in [2.75, 3.05) is 46.5 Å². The second kappa shape index (κ2) is 13.1. The normalized spacial score (nSPS) is 18.6. The summed E-state index contributed by atoms with van der Waals surface area (Å²) in [5, 5.41) is 11.8. The Kier molecular flexibility index (Phi) is 8.86. The van der Waals surface area contributed by atoms with E-state index < -0.39 is 17.7 Å². The molecule has 234 valence electrons. The van der Waals surface area contributed by atoms with Crippen molar-refractivity contribution in [3.05, 3.63) is 101 Å². The third-order valence-electron chi connectivity index (χ3n) is 8.57. The first-order valence-electron chi connectivity index (χ1n) is 15.2. The Hall–Kier alpha value is -4.67. The number of ketones is 1. The van der Waals surface area contributed by atoms with E-state index in [0.29, 0.717) is 61.2 Å². The fraction of sp³-hybridized carbons (Fsp3) is 0.343. The maximum Gasteiger partial charge on any atom is 0.295 e. The smallest absolute Gasteiger partial charge is 0.295 e. The highest BCUT2D eigenvalue weighted by Crippen LogP contribution is 2.42. The quantitative estimate of drug-likeness (QED) is 0.157. The predicted molar refractivity (Wildman–Crippen MR) is 169 cm³/mol. The molecule has 1 N–H and O–H groups in total. The molecule has 1 amide bonds. The first-order chi connectivity index (χ1) is 21.9. The van der Waals surface area contributed by atoms with Crippen molar-refractivity contribution in [3.63, 3.8) is 0 Å². The second-order valence-corrected chi connectivity index (χ2v) is 11.4. The highest BCUT2D eigenvalue weighted by atomic mass is 16.5. The minimum atomic E-state index is -0.836. The number of imidazole rings is 1. The van der Waals surface area contributed by atoms with Crippen LogP contribution in [0.25, 0.3) is 11.4 Å². The largest absolute Gasteiger partial charge is 0.505 e. The molecule has 0 radical (unpaired) electrons. The van der Waals surface area contributed by atoms with Gasteiger partial charge in [0.15, 0.2) is 17.3 Å². The van der Waals surface area contributed by atoms with Gasteiger partial charge in [0.25, 0.3) is 11.7 Å². The van der Waals surface area contributed by atoms with E-state index in [1.807, 2.05) is 73.0 Å². The number of pyridine rings is 1. The van der Waals surface area contributed by atoms with Crippen LogP contribution in [0.15, 0.2) is 72.4 Å². The lowest BCUT2D eigenvalue weighted by Crippen LogP contribution is -2.39. The number of amides is 1. The summed E-state index contributed by atoms with van der Waals surface area (Å²) in [5.74, 6) is -0.689. The Morgan fingerprint density at radius 2 is 1.78 bits per heavy atom. The van der Waals surface area contributed by atoms with Crippen LogP contribution in [0.4, 0.5) is 0 Å². The Labute approximate surface area is 262 Å². The summed E-state index contributed by atoms with van der Waals surface area (Å²) < 4.78 is 19.1. The number of aliphatic hydroxyl groups excluding tert-OH is 1. The molecule has 6 rings (SSSR count). The summed E-state index contributed by atoms with van der Waals surface area (Å²) in [4.78, 5) is 35.9. The summed E-state index contributed by atoms with van der Waals surface area (Å²) in [5.41, 5.74) is 4.19. The van der Waals surface area contributed by atoms with E-state index in [4.69, 9.17) is 19.2 Å². The number of methoxy groups -OCH3 is 1. The number of rotatable bonds is 10. The van der Waals surface area contributed by atoms with E-state index in [1.165, 1.54) is 0 Å². The lowest BCUT2D eigenvalue weighted by molar-refractivity contribution is -0.140. The Morgan fingerprint density at radius 3 is 2.51 bits per heavy atom. The standard InChI is InChI=1S/C35H38N4O6/c1-23-9-7-15-38-24(2)30(36-34(23)38)32(40)29-31(39(35(42)33(29)41)16-8-14-37-17-19-44-20-18-37)26-12-13-27(28(21-26)43-3)45-22-25-10-5-4-6-11-25/h4-7,9-13,15,21,31,40H,8,14,16-20,22H2,1-3H3/b32-29+. The van der Waals surface area contributed by atoms with Crippen LogP contribution < -0.4 is 9.47 Å². The number of hydrogen-bond donors (Lipinski definition) is 1. The average Bonchev–Trinajstić information content (AvgIpc) is 3.54. The van der Waals surface area contributed by atoms with Gasteiger partial charge in [0.1, 0.15) is 17.9 Å². The van der Waals surface area contributed by atoms with Crippen molar-refractivity contribution in [2.45, 2.75) is 32.9 Å². The first kappa shape index (κ1) is 30.4. The number of fused-ring (bicyclic) bond motifs is 1. The Morgan fingerprint density at radius 1 is 1.00 bits per heavy atom. The molecule has 1 atom stereocenters. The number of benzene rings is 2. The zero-order valence-electron chi connectivity index (χ0n) is 25.9. The summed E-state index contributed by atoms with van der Waals surface area (Å²) in [6.45, 7) is 8.24. The molecular formula is C35H38N4O6. The van der Waals surface area contributed by atoms with Crippen molar-refractivity contribution in [1.82, 2.24) is 19.2 Å². The lowest BCUT2D eigenvalue weighted by Gasteiger charge is -2.29. The number of carbonyl (C=O) groups excluding carboxylic acids is 2. The first-order valence-corrected chi connectivity index (χ1v) is 15.2. The number of hydrogen-bond acceptors (Lipinski definition) is 8. The van der Waals surface area contributed by atoms with Gasteiger partial charge >= 0.3 is 0 Å². The van der Waals surface area contributed by atoms with E-state index in [0.717, 1.165) is 30.8 Å². The van der Waals surface area contributed by atoms with Gasteiger partial charge in [-0.25, -0.2) is 4.98 Å². The van der Waals surface area contributed by atoms with Crippen LogP contribution >= 0.6 is 0 Å². The second-order valence-electron chi connectivity index (χ2n) is 11.4. The van der Waals surface area contributed by atoms with Crippen LogP contribution in [0, 0.1) is 13.8 Å². The minimum Gasteiger partial charge on any atom is -0.505 e. The van der Waals surface area contributed by atoms with Gasteiger partial charge in [0.05, 0.1) is 37.6 Å². The third kappa shape index (κ3) is 6.03. The van der Waals surface area contributed by atoms with Crippen LogP contribution in [0.2, 0.25) is 0 Å². The van der Waals surface area contributed by atoms with Gasteiger partial charge in [-0.3, -0.25) is 14.5 Å². The molecular weight excluding hydrogens is 572 g/mol. The van der Waals surface area contributed by atoms with Crippen LogP contribution in [0.1, 0.15) is 40.5 Å². The molecule has 4 aromatic rings. The third-order valence-corrected chi connectivity index (χ3v) is 8.57. The Balaban J connectivity index is 1.38. The molecule has 10 heteroatoms. The van der Waals surface area contributed by atoms with Gasteiger partial charge in [0.2, 0.25) is 0 Å². The highest BCUT2D eigenvalue weighted by molar-refractivity contribution is 6.46. The highest BCUT2D eigenvalue weighted by Gasteiger charge is 2.46. The minimum absolute atomic E-state index is 0.00976. The van der Waals surface area contributed by atoms with E-state index >= 15 is 0 Å². The van der Waals surface area contributed by atoms with Crippen LogP contribution in [-0.4, -0.2) is 82.5 Å². The van der Waals surface area contributed by atoms with Crippen molar-refractivity contribution < 1.29 is 28.9 Å². The van der Waals surface area contributed by atoms with Crippen LogP contribution in [-0.2, 0) is 20.9 Å². The monoisotopic (exact) mass is 610 g/mol. The lowest BCUT2D eigenvalue weighted by atomic mass is 9.96. The van der Waals surface area contributed by atoms with E-state index in [-0.39, 0.29) is 17.0 Å². The maximum absolute atomic E-state index is 13.7.